The van der Waals surface area contributed by atoms with E-state index in [1.165, 1.54) is 27.2 Å². The van der Waals surface area contributed by atoms with E-state index in [1.807, 2.05) is 0 Å². The van der Waals surface area contributed by atoms with Crippen LogP contribution >= 0.6 is 0 Å². The molecule has 0 spiro atoms. The van der Waals surface area contributed by atoms with Crippen molar-refractivity contribution in [3.05, 3.63) is 71.0 Å². The molecular weight excluding hydrogens is 528 g/mol. The summed E-state index contributed by atoms with van der Waals surface area (Å²) in [5.41, 5.74) is -0.172. The number of anilines is 3. The first-order valence-electron chi connectivity index (χ1n) is 13.1. The first-order chi connectivity index (χ1) is 19.6. The predicted molar refractivity (Wildman–Crippen MR) is 152 cm³/mol. The summed E-state index contributed by atoms with van der Waals surface area (Å²) in [5, 5.41) is 10.6. The lowest BCUT2D eigenvalue weighted by molar-refractivity contribution is 0.00718. The average molecular weight is 561 g/mol. The van der Waals surface area contributed by atoms with Crippen LogP contribution < -0.4 is 21.1 Å². The number of aromatic nitrogens is 5. The lowest BCUT2D eigenvalue weighted by Gasteiger charge is -2.35. The van der Waals surface area contributed by atoms with Crippen LogP contribution in [0.3, 0.4) is 0 Å². The Morgan fingerprint density at radius 1 is 1.12 bits per heavy atom. The molecule has 4 aromatic heterocycles. The molecule has 13 nitrogen and oxygen atoms in total. The maximum Gasteiger partial charge on any atom is 0.414 e. The van der Waals surface area contributed by atoms with Gasteiger partial charge in [-0.1, -0.05) is 6.07 Å². The molecule has 0 radical (unpaired) electrons. The highest BCUT2D eigenvalue weighted by Gasteiger charge is 2.33. The monoisotopic (exact) mass is 560 g/mol. The van der Waals surface area contributed by atoms with Crippen molar-refractivity contribution in [3.8, 4) is 5.82 Å². The largest absolute Gasteiger partial charge is 0.443 e. The Balaban J connectivity index is 1.56. The third-order valence-electron chi connectivity index (χ3n) is 6.65. The Bertz CT molecular complexity index is 1640. The number of imidazole rings is 1. The summed E-state index contributed by atoms with van der Waals surface area (Å²) in [7, 11) is 3.15. The Hall–Kier alpha value is -4.78. The molecule has 4 heterocycles. The Morgan fingerprint density at radius 2 is 1.93 bits per heavy atom. The van der Waals surface area contributed by atoms with Gasteiger partial charge < -0.3 is 20.1 Å². The summed E-state index contributed by atoms with van der Waals surface area (Å²) in [5.74, 6) is 0.259. The lowest BCUT2D eigenvalue weighted by Crippen LogP contribution is -2.51. The van der Waals surface area contributed by atoms with E-state index in [9.17, 15) is 14.4 Å². The predicted octanol–water partition coefficient (Wildman–Crippen LogP) is 3.30. The second-order valence-electron chi connectivity index (χ2n) is 10.7. The molecule has 2 atom stereocenters. The highest BCUT2D eigenvalue weighted by molar-refractivity contribution is 5.96. The van der Waals surface area contributed by atoms with Crippen molar-refractivity contribution < 1.29 is 19.1 Å². The molecule has 214 valence electrons. The number of hydrogen-bond acceptors (Lipinski definition) is 9. The third kappa shape index (κ3) is 5.75. The maximum atomic E-state index is 13.3. The molecule has 0 aliphatic heterocycles. The fourth-order valence-corrected chi connectivity index (χ4v) is 4.41. The highest BCUT2D eigenvalue weighted by Crippen LogP contribution is 2.27. The van der Waals surface area contributed by atoms with E-state index in [1.54, 1.807) is 76.7 Å². The van der Waals surface area contributed by atoms with Gasteiger partial charge in [0, 0.05) is 32.6 Å². The van der Waals surface area contributed by atoms with E-state index in [-0.39, 0.29) is 40.6 Å². The Labute approximate surface area is 236 Å². The van der Waals surface area contributed by atoms with Crippen LogP contribution in [0.5, 0.6) is 0 Å². The zero-order chi connectivity index (χ0) is 29.3. The number of amides is 2. The zero-order valence-electron chi connectivity index (χ0n) is 23.5. The van der Waals surface area contributed by atoms with Crippen LogP contribution in [0.2, 0.25) is 0 Å². The number of methoxy groups -OCH3 is 1. The van der Waals surface area contributed by atoms with E-state index < -0.39 is 17.6 Å². The zero-order valence-corrected chi connectivity index (χ0v) is 23.5. The lowest BCUT2D eigenvalue weighted by atomic mass is 9.89. The van der Waals surface area contributed by atoms with Crippen LogP contribution in [-0.2, 0) is 9.47 Å². The molecule has 0 saturated heterocycles. The molecule has 13 heteroatoms. The summed E-state index contributed by atoms with van der Waals surface area (Å²) < 4.78 is 13.7. The summed E-state index contributed by atoms with van der Waals surface area (Å²) in [6.45, 7) is 5.30. The minimum Gasteiger partial charge on any atom is -0.443 e. The van der Waals surface area contributed by atoms with Crippen molar-refractivity contribution >= 4 is 34.8 Å². The number of pyridine rings is 2. The SMILES string of the molecule is CO[C@@H]1CC[C@H]1NC(=O)c1cnc2c(N(C)C(=O)OC(C)(C)C)cc(Nc3cccn(-c4ccccn4)c3=O)nn12. The second-order valence-corrected chi connectivity index (χ2v) is 10.7. The number of nitrogens with one attached hydrogen (secondary N) is 2. The van der Waals surface area contributed by atoms with E-state index >= 15 is 0 Å². The standard InChI is InChI=1S/C28H32N8O5/c1-28(2,3)41-27(39)34(4)19-15-22(31-18-9-8-14-35(26(18)38)23-10-6-7-13-29-23)33-36-20(16-30-24(19)36)25(37)32-17-11-12-21(17)40-5/h6-10,13-17,21H,11-12H2,1-5H3,(H,31,33)(H,32,37)/t17-,21-/m1/s1. The average Bonchev–Trinajstić information content (AvgIpc) is 3.35. The van der Waals surface area contributed by atoms with E-state index in [0.29, 0.717) is 11.5 Å². The van der Waals surface area contributed by atoms with Crippen LogP contribution in [0.25, 0.3) is 11.5 Å². The number of carbonyl (C=O) groups is 2. The minimum atomic E-state index is -0.739. The summed E-state index contributed by atoms with van der Waals surface area (Å²) >= 11 is 0. The van der Waals surface area contributed by atoms with Crippen molar-refractivity contribution in [1.82, 2.24) is 29.5 Å². The van der Waals surface area contributed by atoms with Crippen molar-refractivity contribution in [2.45, 2.75) is 51.4 Å². The van der Waals surface area contributed by atoms with Crippen molar-refractivity contribution in [3.63, 3.8) is 0 Å². The normalized spacial score (nSPS) is 16.6. The molecule has 41 heavy (non-hydrogen) atoms. The van der Waals surface area contributed by atoms with Gasteiger partial charge >= 0.3 is 6.09 Å². The summed E-state index contributed by atoms with van der Waals surface area (Å²) in [4.78, 5) is 49.5. The van der Waals surface area contributed by atoms with Gasteiger partial charge in [-0.25, -0.2) is 19.3 Å². The van der Waals surface area contributed by atoms with Crippen molar-refractivity contribution in [2.24, 2.45) is 0 Å². The molecule has 2 N–H and O–H groups in total. The van der Waals surface area contributed by atoms with Gasteiger partial charge in [0.25, 0.3) is 11.5 Å². The minimum absolute atomic E-state index is 0.0588. The molecule has 1 saturated carbocycles. The molecule has 0 unspecified atom stereocenters. The molecular formula is C28H32N8O5. The quantitative estimate of drug-likeness (QED) is 0.348. The summed E-state index contributed by atoms with van der Waals surface area (Å²) in [6, 6.07) is 10.0. The van der Waals surface area contributed by atoms with E-state index in [0.717, 1.165) is 12.8 Å². The molecule has 1 aliphatic carbocycles. The fraction of sp³-hybridized carbons (Fsp3) is 0.357. The number of nitrogens with zero attached hydrogens (tertiary/aromatic N) is 6. The van der Waals surface area contributed by atoms with Crippen molar-refractivity contribution in [2.75, 3.05) is 24.4 Å². The fourth-order valence-electron chi connectivity index (χ4n) is 4.41. The van der Waals surface area contributed by atoms with Gasteiger partial charge in [-0.2, -0.15) is 0 Å². The third-order valence-corrected chi connectivity index (χ3v) is 6.65. The smallest absolute Gasteiger partial charge is 0.414 e. The molecule has 5 rings (SSSR count). The van der Waals surface area contributed by atoms with Crippen LogP contribution in [0.15, 0.2) is 59.8 Å². The van der Waals surface area contributed by atoms with Gasteiger partial charge in [-0.05, 0) is 57.9 Å². The second kappa shape index (κ2) is 11.0. The van der Waals surface area contributed by atoms with Gasteiger partial charge in [0.1, 0.15) is 17.1 Å². The molecule has 1 aliphatic rings. The van der Waals surface area contributed by atoms with Crippen LogP contribution in [0.1, 0.15) is 44.1 Å². The molecule has 1 fully saturated rings. The van der Waals surface area contributed by atoms with Gasteiger partial charge in [-0.3, -0.25) is 19.1 Å². The molecule has 0 aromatic carbocycles. The topological polar surface area (TPSA) is 145 Å². The Morgan fingerprint density at radius 3 is 2.59 bits per heavy atom. The van der Waals surface area contributed by atoms with Crippen LogP contribution in [0.4, 0.5) is 22.0 Å². The number of hydrogen-bond donors (Lipinski definition) is 2. The van der Waals surface area contributed by atoms with Gasteiger partial charge in [0.15, 0.2) is 17.2 Å². The van der Waals surface area contributed by atoms with Gasteiger partial charge in [-0.15, -0.1) is 5.10 Å². The number of ether oxygens (including phenoxy) is 2. The van der Waals surface area contributed by atoms with Gasteiger partial charge in [0.2, 0.25) is 0 Å². The summed E-state index contributed by atoms with van der Waals surface area (Å²) in [6.07, 6.45) is 5.57. The van der Waals surface area contributed by atoms with Crippen LogP contribution in [-0.4, -0.2) is 68.1 Å². The first kappa shape index (κ1) is 27.8. The highest BCUT2D eigenvalue weighted by atomic mass is 16.6. The Kier molecular flexibility index (Phi) is 7.45. The molecule has 2 amide bonds. The maximum absolute atomic E-state index is 13.3. The number of fused-ring (bicyclic) bond motifs is 1. The van der Waals surface area contributed by atoms with Crippen molar-refractivity contribution in [1.29, 1.82) is 0 Å². The van der Waals surface area contributed by atoms with Gasteiger partial charge in [0.05, 0.1) is 24.0 Å². The first-order valence-corrected chi connectivity index (χ1v) is 13.1. The van der Waals surface area contributed by atoms with E-state index in [2.05, 4.69) is 25.7 Å². The number of carbonyl (C=O) groups excluding carboxylic acids is 2. The van der Waals surface area contributed by atoms with E-state index in [4.69, 9.17) is 9.47 Å². The molecule has 4 aromatic rings. The number of rotatable bonds is 7. The molecule has 0 bridgehead atoms. The van der Waals surface area contributed by atoms with Crippen LogP contribution in [0, 0.1) is 0 Å².